The fourth-order valence-corrected chi connectivity index (χ4v) is 1.44. The Morgan fingerprint density at radius 3 is 2.80 bits per heavy atom. The first-order valence-corrected chi connectivity index (χ1v) is 4.81. The molecule has 1 N–H and O–H groups in total. The lowest BCUT2D eigenvalue weighted by Gasteiger charge is -2.12. The van der Waals surface area contributed by atoms with Gasteiger partial charge in [0.1, 0.15) is 11.6 Å². The molecule has 1 unspecified atom stereocenters. The molecule has 78 valence electrons. The van der Waals surface area contributed by atoms with Crippen LogP contribution >= 0.6 is 0 Å². The number of benzene rings is 1. The summed E-state index contributed by atoms with van der Waals surface area (Å²) in [6.45, 7) is 1.96. The lowest BCUT2D eigenvalue weighted by atomic mass is 10.2. The monoisotopic (exact) mass is 205 g/mol. The first-order valence-electron chi connectivity index (χ1n) is 4.81. The van der Waals surface area contributed by atoms with Crippen molar-refractivity contribution in [2.24, 2.45) is 0 Å². The zero-order valence-electron chi connectivity index (χ0n) is 8.41. The van der Waals surface area contributed by atoms with E-state index in [1.54, 1.807) is 12.3 Å². The van der Waals surface area contributed by atoms with Crippen LogP contribution in [-0.2, 0) is 0 Å². The molecule has 0 radical (unpaired) electrons. The van der Waals surface area contributed by atoms with Crippen LogP contribution in [0.2, 0.25) is 0 Å². The second kappa shape index (κ2) is 4.17. The summed E-state index contributed by atoms with van der Waals surface area (Å²) < 4.78 is 18.1. The molecule has 0 saturated heterocycles. The van der Waals surface area contributed by atoms with Crippen molar-refractivity contribution < 1.29 is 8.81 Å². The SMILES string of the molecule is CC(Nc1cccc(F)c1)c1ccco1. The number of anilines is 1. The van der Waals surface area contributed by atoms with Crippen LogP contribution in [0.25, 0.3) is 0 Å². The van der Waals surface area contributed by atoms with Gasteiger partial charge in [-0.1, -0.05) is 6.07 Å². The summed E-state index contributed by atoms with van der Waals surface area (Å²) in [6.07, 6.45) is 1.62. The van der Waals surface area contributed by atoms with E-state index in [0.29, 0.717) is 0 Å². The first-order chi connectivity index (χ1) is 7.25. The molecule has 2 rings (SSSR count). The summed E-state index contributed by atoms with van der Waals surface area (Å²) in [5.74, 6) is 0.589. The Morgan fingerprint density at radius 1 is 1.27 bits per heavy atom. The van der Waals surface area contributed by atoms with Crippen molar-refractivity contribution in [3.8, 4) is 0 Å². The molecule has 0 amide bonds. The van der Waals surface area contributed by atoms with Crippen molar-refractivity contribution >= 4 is 5.69 Å². The standard InChI is InChI=1S/C12H12FNO/c1-9(12-6-3-7-15-12)14-11-5-2-4-10(13)8-11/h2-9,14H,1H3. The van der Waals surface area contributed by atoms with Crippen LogP contribution in [0.3, 0.4) is 0 Å². The number of halogens is 1. The molecule has 1 aromatic carbocycles. The van der Waals surface area contributed by atoms with Crippen molar-refractivity contribution in [2.75, 3.05) is 5.32 Å². The van der Waals surface area contributed by atoms with Crippen LogP contribution in [0.4, 0.5) is 10.1 Å². The summed E-state index contributed by atoms with van der Waals surface area (Å²) in [4.78, 5) is 0. The summed E-state index contributed by atoms with van der Waals surface area (Å²) in [6, 6.07) is 10.1. The van der Waals surface area contributed by atoms with Crippen LogP contribution in [0.5, 0.6) is 0 Å². The molecule has 2 nitrogen and oxygen atoms in total. The third kappa shape index (κ3) is 2.37. The second-order valence-corrected chi connectivity index (χ2v) is 3.39. The van der Waals surface area contributed by atoms with Crippen LogP contribution in [0.1, 0.15) is 18.7 Å². The molecule has 15 heavy (non-hydrogen) atoms. The average molecular weight is 205 g/mol. The Morgan fingerprint density at radius 2 is 2.13 bits per heavy atom. The van der Waals surface area contributed by atoms with Gasteiger partial charge in [0.05, 0.1) is 12.3 Å². The van der Waals surface area contributed by atoms with Gasteiger partial charge >= 0.3 is 0 Å². The zero-order valence-corrected chi connectivity index (χ0v) is 8.41. The number of hydrogen-bond acceptors (Lipinski definition) is 2. The van der Waals surface area contributed by atoms with E-state index in [1.165, 1.54) is 12.1 Å². The number of hydrogen-bond donors (Lipinski definition) is 1. The van der Waals surface area contributed by atoms with Crippen molar-refractivity contribution in [3.63, 3.8) is 0 Å². The molecule has 1 heterocycles. The third-order valence-electron chi connectivity index (χ3n) is 2.18. The molecule has 2 aromatic rings. The van der Waals surface area contributed by atoms with Gasteiger partial charge in [0.2, 0.25) is 0 Å². The zero-order chi connectivity index (χ0) is 10.7. The van der Waals surface area contributed by atoms with Gasteiger partial charge in [-0.05, 0) is 37.3 Å². The van der Waals surface area contributed by atoms with E-state index in [-0.39, 0.29) is 11.9 Å². The van der Waals surface area contributed by atoms with E-state index in [2.05, 4.69) is 5.32 Å². The van der Waals surface area contributed by atoms with E-state index in [1.807, 2.05) is 25.1 Å². The van der Waals surface area contributed by atoms with Crippen LogP contribution in [0.15, 0.2) is 47.1 Å². The lowest BCUT2D eigenvalue weighted by molar-refractivity contribution is 0.490. The maximum atomic E-state index is 12.9. The maximum absolute atomic E-state index is 12.9. The Labute approximate surface area is 87.7 Å². The van der Waals surface area contributed by atoms with Gasteiger partial charge in [0.15, 0.2) is 0 Å². The number of nitrogens with one attached hydrogen (secondary N) is 1. The molecule has 1 atom stereocenters. The van der Waals surface area contributed by atoms with E-state index in [4.69, 9.17) is 4.42 Å². The molecule has 1 aromatic heterocycles. The predicted molar refractivity (Wildman–Crippen MR) is 57.1 cm³/mol. The highest BCUT2D eigenvalue weighted by molar-refractivity contribution is 5.44. The summed E-state index contributed by atoms with van der Waals surface area (Å²) >= 11 is 0. The predicted octanol–water partition coefficient (Wildman–Crippen LogP) is 3.59. The van der Waals surface area contributed by atoms with Gasteiger partial charge in [-0.3, -0.25) is 0 Å². The number of furan rings is 1. The van der Waals surface area contributed by atoms with Crippen molar-refractivity contribution in [1.82, 2.24) is 0 Å². The molecule has 3 heteroatoms. The second-order valence-electron chi connectivity index (χ2n) is 3.39. The number of rotatable bonds is 3. The van der Waals surface area contributed by atoms with Crippen molar-refractivity contribution in [2.45, 2.75) is 13.0 Å². The fourth-order valence-electron chi connectivity index (χ4n) is 1.44. The van der Waals surface area contributed by atoms with Crippen molar-refractivity contribution in [1.29, 1.82) is 0 Å². The van der Waals surface area contributed by atoms with Gasteiger partial charge in [-0.25, -0.2) is 4.39 Å². The van der Waals surface area contributed by atoms with Gasteiger partial charge in [0.25, 0.3) is 0 Å². The van der Waals surface area contributed by atoms with E-state index in [0.717, 1.165) is 11.4 Å². The Hall–Kier alpha value is -1.77. The van der Waals surface area contributed by atoms with E-state index < -0.39 is 0 Å². The average Bonchev–Trinajstić information content (AvgIpc) is 2.70. The third-order valence-corrected chi connectivity index (χ3v) is 2.18. The molecule has 0 saturated carbocycles. The van der Waals surface area contributed by atoms with Crippen molar-refractivity contribution in [3.05, 3.63) is 54.2 Å². The van der Waals surface area contributed by atoms with Crippen LogP contribution in [-0.4, -0.2) is 0 Å². The van der Waals surface area contributed by atoms with Gasteiger partial charge in [-0.2, -0.15) is 0 Å². The molecule has 0 aliphatic rings. The van der Waals surface area contributed by atoms with Crippen LogP contribution in [0, 0.1) is 5.82 Å². The normalized spacial score (nSPS) is 12.4. The minimum atomic E-state index is -0.244. The van der Waals surface area contributed by atoms with E-state index >= 15 is 0 Å². The fraction of sp³-hybridized carbons (Fsp3) is 0.167. The molecule has 0 spiro atoms. The highest BCUT2D eigenvalue weighted by Crippen LogP contribution is 2.19. The van der Waals surface area contributed by atoms with E-state index in [9.17, 15) is 4.39 Å². The van der Waals surface area contributed by atoms with Gasteiger partial charge in [-0.15, -0.1) is 0 Å². The minimum absolute atomic E-state index is 0.0294. The summed E-state index contributed by atoms with van der Waals surface area (Å²) in [5, 5.41) is 3.15. The molecule has 0 bridgehead atoms. The molecule has 0 aliphatic carbocycles. The Kier molecular flexibility index (Phi) is 2.72. The lowest BCUT2D eigenvalue weighted by Crippen LogP contribution is -2.05. The quantitative estimate of drug-likeness (QED) is 0.828. The minimum Gasteiger partial charge on any atom is -0.467 e. The highest BCUT2D eigenvalue weighted by Gasteiger charge is 2.07. The van der Waals surface area contributed by atoms with Crippen LogP contribution < -0.4 is 5.32 Å². The molecular weight excluding hydrogens is 193 g/mol. The summed E-state index contributed by atoms with van der Waals surface area (Å²) in [5.41, 5.74) is 0.749. The van der Waals surface area contributed by atoms with Gasteiger partial charge in [0, 0.05) is 5.69 Å². The Balaban J connectivity index is 2.09. The summed E-state index contributed by atoms with van der Waals surface area (Å²) in [7, 11) is 0. The smallest absolute Gasteiger partial charge is 0.125 e. The Bertz CT molecular complexity index is 425. The highest BCUT2D eigenvalue weighted by atomic mass is 19.1. The topological polar surface area (TPSA) is 25.2 Å². The molecular formula is C12H12FNO. The first kappa shape index (κ1) is 9.77. The largest absolute Gasteiger partial charge is 0.467 e. The van der Waals surface area contributed by atoms with Gasteiger partial charge < -0.3 is 9.73 Å². The molecule has 0 aliphatic heterocycles. The maximum Gasteiger partial charge on any atom is 0.125 e. The molecule has 0 fully saturated rings.